The summed E-state index contributed by atoms with van der Waals surface area (Å²) >= 11 is 11.6. The molecule has 0 fully saturated rings. The molecule has 36 heavy (non-hydrogen) atoms. The van der Waals surface area contributed by atoms with E-state index >= 15 is 17.6 Å². The molecule has 0 aliphatic carbocycles. The molecule has 0 unspecified atom stereocenters. The van der Waals surface area contributed by atoms with Crippen molar-refractivity contribution in [1.29, 1.82) is 0 Å². The highest BCUT2D eigenvalue weighted by Gasteiger charge is 2.36. The molecular weight excluding hydrogens is 621 g/mol. The quantitative estimate of drug-likeness (QED) is 0.303. The zero-order chi connectivity index (χ0) is 24.8. The highest BCUT2D eigenvalue weighted by atomic mass is 32.3. The Labute approximate surface area is 238 Å². The smallest absolute Gasteiger partial charge is 0.134 e. The molecule has 0 atom stereocenters. The monoisotopic (exact) mass is 630 g/mol. The molecule has 0 bridgehead atoms. The number of halogens is 4. The van der Waals surface area contributed by atoms with E-state index < -0.39 is 23.3 Å². The van der Waals surface area contributed by atoms with Crippen molar-refractivity contribution in [2.45, 2.75) is 0 Å². The summed E-state index contributed by atoms with van der Waals surface area (Å²) in [6.07, 6.45) is 0. The fourth-order valence-corrected chi connectivity index (χ4v) is 14.1. The number of rotatable bonds is 3. The zero-order valence-electron chi connectivity index (χ0n) is 17.6. The first-order chi connectivity index (χ1) is 17.5. The Morgan fingerprint density at radius 2 is 0.722 bits per heavy atom. The molecule has 0 saturated heterocycles. The summed E-state index contributed by atoms with van der Waals surface area (Å²) in [6, 6.07) is 7.29. The topological polar surface area (TPSA) is 0 Å². The average molecular weight is 631 g/mol. The van der Waals surface area contributed by atoms with Crippen LogP contribution in [0.3, 0.4) is 0 Å². The van der Waals surface area contributed by atoms with Crippen LogP contribution < -0.4 is 0 Å². The Morgan fingerprint density at radius 3 is 1.00 bits per heavy atom. The summed E-state index contributed by atoms with van der Waals surface area (Å²) in [5, 5.41) is 7.78. The van der Waals surface area contributed by atoms with Crippen molar-refractivity contribution >= 4 is 105 Å². The third-order valence-corrected chi connectivity index (χ3v) is 15.4. The molecule has 4 aliphatic rings. The van der Waals surface area contributed by atoms with Gasteiger partial charge >= 0.3 is 0 Å². The van der Waals surface area contributed by atoms with Gasteiger partial charge in [0.05, 0.1) is 36.5 Å². The van der Waals surface area contributed by atoms with Gasteiger partial charge < -0.3 is 0 Å². The minimum absolute atomic E-state index is 0.165. The first kappa shape index (κ1) is 25.7. The molecule has 0 amide bonds. The highest BCUT2D eigenvalue weighted by molar-refractivity contribution is 8.43. The van der Waals surface area contributed by atoms with Crippen LogP contribution in [0.1, 0.15) is 11.1 Å². The third-order valence-electron chi connectivity index (χ3n) is 4.97. The van der Waals surface area contributed by atoms with Gasteiger partial charge in [-0.1, -0.05) is 106 Å². The molecule has 0 nitrogen and oxygen atoms in total. The number of benzene rings is 2. The molecule has 0 saturated carbocycles. The van der Waals surface area contributed by atoms with Gasteiger partial charge in [0.2, 0.25) is 0 Å². The minimum Gasteiger partial charge on any atom is -0.206 e. The number of allylic oxidation sites excluding steroid dienone is 2. The standard InChI is InChI=1S/C24H10F4S8/c25-11-3-1-4-12(26)15(11)17(19-33-21-22(34-19)30-8-7-29-21)18(16-13(27)5-2-6-14(16)28)20-35-23-24(36-20)32-10-9-31-23/h1-10H. The Morgan fingerprint density at radius 1 is 0.444 bits per heavy atom. The van der Waals surface area contributed by atoms with Gasteiger partial charge in [-0.25, -0.2) is 17.6 Å². The van der Waals surface area contributed by atoms with Crippen molar-refractivity contribution in [3.8, 4) is 0 Å². The number of hydrogen-bond acceptors (Lipinski definition) is 8. The van der Waals surface area contributed by atoms with E-state index in [0.29, 0.717) is 8.47 Å². The van der Waals surface area contributed by atoms with Crippen LogP contribution in [-0.4, -0.2) is 0 Å². The molecule has 182 valence electrons. The third kappa shape index (κ3) is 4.81. The molecule has 4 heterocycles. The second-order valence-electron chi connectivity index (χ2n) is 7.09. The van der Waals surface area contributed by atoms with Crippen molar-refractivity contribution in [3.05, 3.63) is 118 Å². The summed E-state index contributed by atoms with van der Waals surface area (Å²) in [5.74, 6) is -3.14. The van der Waals surface area contributed by atoms with Crippen LogP contribution in [0.5, 0.6) is 0 Å². The van der Waals surface area contributed by atoms with E-state index in [1.165, 1.54) is 130 Å². The Hall–Kier alpha value is -0.600. The molecule has 12 heteroatoms. The first-order valence-corrected chi connectivity index (χ1v) is 16.8. The van der Waals surface area contributed by atoms with Crippen LogP contribution >= 0.6 is 94.1 Å². The van der Waals surface area contributed by atoms with Crippen LogP contribution in [0.25, 0.3) is 11.1 Å². The van der Waals surface area contributed by atoms with Crippen LogP contribution in [0.15, 0.2) is 83.5 Å². The lowest BCUT2D eigenvalue weighted by atomic mass is 9.93. The van der Waals surface area contributed by atoms with Crippen LogP contribution in [0.2, 0.25) is 0 Å². The van der Waals surface area contributed by atoms with Gasteiger partial charge in [0.25, 0.3) is 0 Å². The maximum Gasteiger partial charge on any atom is 0.134 e. The van der Waals surface area contributed by atoms with E-state index in [1.807, 2.05) is 21.6 Å². The van der Waals surface area contributed by atoms with E-state index in [4.69, 9.17) is 0 Å². The van der Waals surface area contributed by atoms with Gasteiger partial charge in [-0.2, -0.15) is 0 Å². The van der Waals surface area contributed by atoms with Crippen molar-refractivity contribution in [3.63, 3.8) is 0 Å². The van der Waals surface area contributed by atoms with E-state index in [9.17, 15) is 0 Å². The predicted octanol–water partition coefficient (Wildman–Crippen LogP) is 11.4. The maximum atomic E-state index is 15.4. The molecule has 2 aromatic rings. The van der Waals surface area contributed by atoms with E-state index in [1.54, 1.807) is 0 Å². The van der Waals surface area contributed by atoms with E-state index in [-0.39, 0.29) is 22.3 Å². The lowest BCUT2D eigenvalue weighted by molar-refractivity contribution is 0.573. The summed E-state index contributed by atoms with van der Waals surface area (Å²) in [4.78, 5) is 0. The summed E-state index contributed by atoms with van der Waals surface area (Å²) < 4.78 is 66.7. The van der Waals surface area contributed by atoms with Gasteiger partial charge in [0.15, 0.2) is 0 Å². The minimum atomic E-state index is -0.784. The molecule has 0 spiro atoms. The highest BCUT2D eigenvalue weighted by Crippen LogP contribution is 2.66. The van der Waals surface area contributed by atoms with Crippen molar-refractivity contribution in [2.24, 2.45) is 0 Å². The molecule has 0 radical (unpaired) electrons. The molecule has 4 aliphatic heterocycles. The van der Waals surface area contributed by atoms with Gasteiger partial charge in [-0.3, -0.25) is 0 Å². The molecular formula is C24H10F4S8. The van der Waals surface area contributed by atoms with Gasteiger partial charge in [0, 0.05) is 11.1 Å². The van der Waals surface area contributed by atoms with Crippen LogP contribution in [0, 0.1) is 23.3 Å². The largest absolute Gasteiger partial charge is 0.206 e. The summed E-state index contributed by atoms with van der Waals surface area (Å²) in [6.45, 7) is 0. The normalized spacial score (nSPS) is 18.8. The van der Waals surface area contributed by atoms with Crippen molar-refractivity contribution in [1.82, 2.24) is 0 Å². The van der Waals surface area contributed by atoms with Gasteiger partial charge in [0.1, 0.15) is 23.3 Å². The van der Waals surface area contributed by atoms with Crippen LogP contribution in [0.4, 0.5) is 17.6 Å². The molecule has 0 N–H and O–H groups in total. The number of thioether (sulfide) groups is 8. The fraction of sp³-hybridized carbons (Fsp3) is 0. The van der Waals surface area contributed by atoms with Gasteiger partial charge in [-0.15, -0.1) is 0 Å². The second kappa shape index (κ2) is 10.9. The zero-order valence-corrected chi connectivity index (χ0v) is 24.1. The number of hydrogen-bond donors (Lipinski definition) is 0. The Kier molecular flexibility index (Phi) is 7.75. The Bertz CT molecular complexity index is 1290. The van der Waals surface area contributed by atoms with Gasteiger partial charge in [-0.05, 0) is 45.9 Å². The van der Waals surface area contributed by atoms with Crippen molar-refractivity contribution < 1.29 is 17.6 Å². The maximum absolute atomic E-state index is 15.4. The molecule has 0 aromatic heterocycles. The first-order valence-electron chi connectivity index (χ1n) is 10.1. The lowest BCUT2D eigenvalue weighted by Gasteiger charge is -2.20. The van der Waals surface area contributed by atoms with E-state index in [0.717, 1.165) is 16.9 Å². The predicted molar refractivity (Wildman–Crippen MR) is 160 cm³/mol. The van der Waals surface area contributed by atoms with Crippen LogP contribution in [-0.2, 0) is 0 Å². The summed E-state index contributed by atoms with van der Waals surface area (Å²) in [5.41, 5.74) is -0.245. The summed E-state index contributed by atoms with van der Waals surface area (Å²) in [7, 11) is 0. The SMILES string of the molecule is Fc1cccc(F)c1C(=C1SC2=C(SC=CS2)S1)C(=C1SC2=C(SC=CS2)S1)c1c(F)cccc1F. The molecule has 6 rings (SSSR count). The van der Waals surface area contributed by atoms with E-state index in [2.05, 4.69) is 0 Å². The second-order valence-corrected chi connectivity index (χ2v) is 16.4. The fourth-order valence-electron chi connectivity index (χ4n) is 3.53. The lowest BCUT2D eigenvalue weighted by Crippen LogP contribution is -2.04. The Balaban J connectivity index is 1.63. The van der Waals surface area contributed by atoms with Crippen molar-refractivity contribution in [2.75, 3.05) is 0 Å². The average Bonchev–Trinajstić information content (AvgIpc) is 3.48. The molecule has 2 aromatic carbocycles.